The van der Waals surface area contributed by atoms with Gasteiger partial charge in [0, 0.05) is 6.54 Å². The molecule has 70 valence electrons. The zero-order valence-corrected chi connectivity index (χ0v) is 7.83. The van der Waals surface area contributed by atoms with Gasteiger partial charge in [0.25, 0.3) is 0 Å². The van der Waals surface area contributed by atoms with Crippen molar-refractivity contribution in [3.63, 3.8) is 0 Å². The molecule has 0 aliphatic carbocycles. The highest BCUT2D eigenvalue weighted by Crippen LogP contribution is 2.17. The number of hydrogen-bond acceptors (Lipinski definition) is 2. The van der Waals surface area contributed by atoms with E-state index in [9.17, 15) is 5.11 Å². The van der Waals surface area contributed by atoms with E-state index in [-0.39, 0.29) is 0 Å². The van der Waals surface area contributed by atoms with Crippen LogP contribution in [0, 0.1) is 0 Å². The zero-order chi connectivity index (χ0) is 9.68. The van der Waals surface area contributed by atoms with Gasteiger partial charge in [-0.2, -0.15) is 0 Å². The van der Waals surface area contributed by atoms with E-state index in [1.165, 1.54) is 0 Å². The molecule has 0 aliphatic rings. The summed E-state index contributed by atoms with van der Waals surface area (Å²) in [4.78, 5) is 0. The van der Waals surface area contributed by atoms with Gasteiger partial charge in [-0.3, -0.25) is 0 Å². The molecule has 1 aromatic carbocycles. The Bertz CT molecular complexity index is 305. The van der Waals surface area contributed by atoms with Gasteiger partial charge in [0.15, 0.2) is 0 Å². The van der Waals surface area contributed by atoms with E-state index < -0.39 is 0 Å². The molecule has 0 spiro atoms. The van der Waals surface area contributed by atoms with Crippen molar-refractivity contribution in [2.75, 3.05) is 6.54 Å². The molecule has 0 heterocycles. The Morgan fingerprint density at radius 1 is 1.38 bits per heavy atom. The lowest BCUT2D eigenvalue weighted by atomic mass is 10.1. The Morgan fingerprint density at radius 3 is 2.77 bits per heavy atom. The van der Waals surface area contributed by atoms with Crippen molar-refractivity contribution < 1.29 is 5.11 Å². The molecule has 0 aromatic heterocycles. The summed E-state index contributed by atoms with van der Waals surface area (Å²) in [5.74, 6) is 0.316. The molecule has 0 aliphatic heterocycles. The smallest absolute Gasteiger partial charge is 0.116 e. The van der Waals surface area contributed by atoms with Crippen LogP contribution in [0.15, 0.2) is 24.3 Å². The topological polar surface area (TPSA) is 46.2 Å². The van der Waals surface area contributed by atoms with Gasteiger partial charge in [-0.1, -0.05) is 25.1 Å². The highest BCUT2D eigenvalue weighted by molar-refractivity contribution is 5.53. The highest BCUT2D eigenvalue weighted by Gasteiger charge is 1.95. The number of phenolic OH excluding ortho intramolecular Hbond substituents is 1. The minimum Gasteiger partial charge on any atom is -0.508 e. The normalized spacial score (nSPS) is 10.9. The second-order valence-corrected chi connectivity index (χ2v) is 2.92. The number of phenols is 1. The third-order valence-corrected chi connectivity index (χ3v) is 1.85. The number of aryl methyl sites for hydroxylation is 1. The van der Waals surface area contributed by atoms with Crippen LogP contribution in [-0.4, -0.2) is 11.7 Å². The first-order valence-electron chi connectivity index (χ1n) is 4.45. The lowest BCUT2D eigenvalue weighted by Crippen LogP contribution is -1.92. The first kappa shape index (κ1) is 9.81. The van der Waals surface area contributed by atoms with Crippen LogP contribution < -0.4 is 5.73 Å². The number of hydrogen-bond donors (Lipinski definition) is 2. The predicted octanol–water partition coefficient (Wildman–Crippen LogP) is 1.93. The summed E-state index contributed by atoms with van der Waals surface area (Å²) in [5.41, 5.74) is 7.47. The van der Waals surface area contributed by atoms with E-state index in [0.717, 1.165) is 17.5 Å². The van der Waals surface area contributed by atoms with Crippen molar-refractivity contribution in [2.45, 2.75) is 13.3 Å². The minimum absolute atomic E-state index is 0.316. The van der Waals surface area contributed by atoms with E-state index >= 15 is 0 Å². The van der Waals surface area contributed by atoms with Crippen molar-refractivity contribution in [3.8, 4) is 5.75 Å². The Kier molecular flexibility index (Phi) is 3.53. The lowest BCUT2D eigenvalue weighted by Gasteiger charge is -2.00. The lowest BCUT2D eigenvalue weighted by molar-refractivity contribution is 0.474. The maximum Gasteiger partial charge on any atom is 0.116 e. The Hall–Kier alpha value is -1.28. The molecular formula is C11H15NO. The molecule has 0 saturated carbocycles. The molecule has 1 rings (SSSR count). The summed E-state index contributed by atoms with van der Waals surface area (Å²) in [6.07, 6.45) is 4.71. The van der Waals surface area contributed by atoms with Crippen LogP contribution in [0.2, 0.25) is 0 Å². The summed E-state index contributed by atoms with van der Waals surface area (Å²) in [6, 6.07) is 5.55. The van der Waals surface area contributed by atoms with Gasteiger partial charge in [-0.15, -0.1) is 0 Å². The number of aromatic hydroxyl groups is 1. The molecule has 2 nitrogen and oxygen atoms in total. The van der Waals surface area contributed by atoms with Gasteiger partial charge in [0.05, 0.1) is 0 Å². The van der Waals surface area contributed by atoms with Gasteiger partial charge in [0.1, 0.15) is 5.75 Å². The fourth-order valence-electron chi connectivity index (χ4n) is 1.20. The molecule has 2 heteroatoms. The fourth-order valence-corrected chi connectivity index (χ4v) is 1.20. The van der Waals surface area contributed by atoms with Crippen molar-refractivity contribution >= 4 is 6.08 Å². The third kappa shape index (κ3) is 2.92. The van der Waals surface area contributed by atoms with Crippen LogP contribution in [0.3, 0.4) is 0 Å². The predicted molar refractivity (Wildman–Crippen MR) is 55.6 cm³/mol. The Morgan fingerprint density at radius 2 is 2.15 bits per heavy atom. The summed E-state index contributed by atoms with van der Waals surface area (Å²) in [5, 5.41) is 9.36. The van der Waals surface area contributed by atoms with E-state index in [2.05, 4.69) is 6.92 Å². The number of benzene rings is 1. The number of nitrogens with two attached hydrogens (primary N) is 1. The summed E-state index contributed by atoms with van der Waals surface area (Å²) >= 11 is 0. The molecule has 0 bridgehead atoms. The quantitative estimate of drug-likeness (QED) is 0.741. The molecule has 0 unspecified atom stereocenters. The van der Waals surface area contributed by atoms with Crippen molar-refractivity contribution in [3.05, 3.63) is 35.4 Å². The highest BCUT2D eigenvalue weighted by atomic mass is 16.3. The Labute approximate surface area is 78.7 Å². The van der Waals surface area contributed by atoms with Crippen LogP contribution in [0.1, 0.15) is 18.1 Å². The van der Waals surface area contributed by atoms with E-state index in [4.69, 9.17) is 5.73 Å². The molecule has 1 aromatic rings. The zero-order valence-electron chi connectivity index (χ0n) is 7.83. The molecule has 0 fully saturated rings. The molecule has 13 heavy (non-hydrogen) atoms. The fraction of sp³-hybridized carbons (Fsp3) is 0.273. The molecule has 0 radical (unpaired) electrons. The van der Waals surface area contributed by atoms with Crippen LogP contribution in [0.5, 0.6) is 5.75 Å². The van der Waals surface area contributed by atoms with Crippen LogP contribution in [0.25, 0.3) is 6.08 Å². The van der Waals surface area contributed by atoms with Gasteiger partial charge in [0.2, 0.25) is 0 Å². The van der Waals surface area contributed by atoms with Crippen LogP contribution in [0.4, 0.5) is 0 Å². The largest absolute Gasteiger partial charge is 0.508 e. The standard InChI is InChI=1S/C11H15NO/c1-2-9-6-10(4-3-5-12)8-11(13)7-9/h3-4,6-8,13H,2,5,12H2,1H3/b4-3+. The average molecular weight is 177 g/mol. The summed E-state index contributed by atoms with van der Waals surface area (Å²) in [7, 11) is 0. The van der Waals surface area contributed by atoms with E-state index in [1.54, 1.807) is 12.1 Å². The second kappa shape index (κ2) is 4.67. The molecule has 3 N–H and O–H groups in total. The monoisotopic (exact) mass is 177 g/mol. The maximum absolute atomic E-state index is 9.36. The summed E-state index contributed by atoms with van der Waals surface area (Å²) in [6.45, 7) is 2.59. The first-order valence-corrected chi connectivity index (χ1v) is 4.45. The average Bonchev–Trinajstić information content (AvgIpc) is 2.14. The summed E-state index contributed by atoms with van der Waals surface area (Å²) < 4.78 is 0. The van der Waals surface area contributed by atoms with Crippen molar-refractivity contribution in [2.24, 2.45) is 5.73 Å². The minimum atomic E-state index is 0.316. The molecule has 0 atom stereocenters. The molecule has 0 saturated heterocycles. The van der Waals surface area contributed by atoms with Crippen LogP contribution >= 0.6 is 0 Å². The number of rotatable bonds is 3. The van der Waals surface area contributed by atoms with Gasteiger partial charge < -0.3 is 10.8 Å². The van der Waals surface area contributed by atoms with Gasteiger partial charge in [-0.05, 0) is 29.7 Å². The van der Waals surface area contributed by atoms with Gasteiger partial charge in [-0.25, -0.2) is 0 Å². The Balaban J connectivity index is 2.94. The van der Waals surface area contributed by atoms with E-state index in [0.29, 0.717) is 12.3 Å². The first-order chi connectivity index (χ1) is 6.26. The second-order valence-electron chi connectivity index (χ2n) is 2.92. The van der Waals surface area contributed by atoms with Crippen molar-refractivity contribution in [1.29, 1.82) is 0 Å². The molecule has 0 amide bonds. The van der Waals surface area contributed by atoms with Gasteiger partial charge >= 0.3 is 0 Å². The SMILES string of the molecule is CCc1cc(O)cc(/C=C/CN)c1. The maximum atomic E-state index is 9.36. The van der Waals surface area contributed by atoms with Crippen LogP contribution in [-0.2, 0) is 6.42 Å². The van der Waals surface area contributed by atoms with E-state index in [1.807, 2.05) is 18.2 Å². The third-order valence-electron chi connectivity index (χ3n) is 1.85. The molecular weight excluding hydrogens is 162 g/mol. The van der Waals surface area contributed by atoms with Crippen molar-refractivity contribution in [1.82, 2.24) is 0 Å².